The summed E-state index contributed by atoms with van der Waals surface area (Å²) in [4.78, 5) is 0. The van der Waals surface area contributed by atoms with E-state index in [1.807, 2.05) is 6.92 Å². The van der Waals surface area contributed by atoms with Crippen LogP contribution in [0.4, 0.5) is 0 Å². The average Bonchev–Trinajstić information content (AvgIpc) is 2.81. The lowest BCUT2D eigenvalue weighted by Gasteiger charge is -2.31. The van der Waals surface area contributed by atoms with E-state index in [1.165, 1.54) is 8.99 Å². The van der Waals surface area contributed by atoms with Crippen LogP contribution in [-0.4, -0.2) is 54.8 Å². The van der Waals surface area contributed by atoms with Gasteiger partial charge in [0.25, 0.3) is 10.0 Å². The van der Waals surface area contributed by atoms with Crippen LogP contribution in [0.1, 0.15) is 12.6 Å². The molecule has 8 heteroatoms. The molecule has 0 bridgehead atoms. The predicted octanol–water partition coefficient (Wildman–Crippen LogP) is -0.440. The Morgan fingerprint density at radius 2 is 2.32 bits per heavy atom. The predicted molar refractivity (Wildman–Crippen MR) is 70.2 cm³/mol. The number of sulfonamides is 1. The van der Waals surface area contributed by atoms with Crippen molar-refractivity contribution in [1.29, 1.82) is 0 Å². The molecule has 0 saturated carbocycles. The molecule has 108 valence electrons. The maximum Gasteiger partial charge on any atom is 0.260 e. The molecule has 2 N–H and O–H groups in total. The minimum Gasteiger partial charge on any atom is -0.374 e. The molecule has 0 aliphatic carbocycles. The molecule has 0 radical (unpaired) electrons. The average molecular weight is 288 g/mol. The summed E-state index contributed by atoms with van der Waals surface area (Å²) >= 11 is 0. The smallest absolute Gasteiger partial charge is 0.260 e. The molecule has 1 aliphatic rings. The molecule has 1 aliphatic heterocycles. The van der Waals surface area contributed by atoms with E-state index in [9.17, 15) is 8.42 Å². The van der Waals surface area contributed by atoms with Crippen LogP contribution in [-0.2, 0) is 21.3 Å². The van der Waals surface area contributed by atoms with E-state index in [2.05, 4.69) is 5.10 Å². The van der Waals surface area contributed by atoms with Gasteiger partial charge in [0.05, 0.1) is 18.4 Å². The van der Waals surface area contributed by atoms with Crippen molar-refractivity contribution in [3.05, 3.63) is 11.8 Å². The first-order valence-electron chi connectivity index (χ1n) is 6.35. The molecule has 1 aromatic heterocycles. The van der Waals surface area contributed by atoms with Gasteiger partial charge in [-0.3, -0.25) is 4.68 Å². The fourth-order valence-corrected chi connectivity index (χ4v) is 3.84. The molecule has 0 amide bonds. The Hall–Kier alpha value is -0.960. The van der Waals surface area contributed by atoms with E-state index < -0.39 is 10.0 Å². The van der Waals surface area contributed by atoms with Crippen LogP contribution in [0.3, 0.4) is 0 Å². The molecule has 1 fully saturated rings. The highest BCUT2D eigenvalue weighted by atomic mass is 32.2. The van der Waals surface area contributed by atoms with Crippen molar-refractivity contribution in [2.45, 2.75) is 31.5 Å². The topological polar surface area (TPSA) is 90.5 Å². The van der Waals surface area contributed by atoms with Gasteiger partial charge in [-0.25, -0.2) is 8.42 Å². The third-order valence-corrected chi connectivity index (χ3v) is 5.00. The molecule has 1 saturated heterocycles. The van der Waals surface area contributed by atoms with Gasteiger partial charge in [-0.1, -0.05) is 0 Å². The fourth-order valence-electron chi connectivity index (χ4n) is 2.14. The summed E-state index contributed by atoms with van der Waals surface area (Å²) in [7, 11) is -3.53. The number of hydrogen-bond donors (Lipinski definition) is 1. The van der Waals surface area contributed by atoms with Gasteiger partial charge in [-0.05, 0) is 19.9 Å². The van der Waals surface area contributed by atoms with Crippen LogP contribution in [0.2, 0.25) is 0 Å². The van der Waals surface area contributed by atoms with E-state index in [0.29, 0.717) is 38.5 Å². The van der Waals surface area contributed by atoms with Gasteiger partial charge >= 0.3 is 0 Å². The Morgan fingerprint density at radius 1 is 1.58 bits per heavy atom. The lowest BCUT2D eigenvalue weighted by Crippen LogP contribution is -2.48. The molecule has 2 heterocycles. The zero-order valence-electron chi connectivity index (χ0n) is 11.2. The van der Waals surface area contributed by atoms with E-state index in [1.54, 1.807) is 13.0 Å². The largest absolute Gasteiger partial charge is 0.374 e. The summed E-state index contributed by atoms with van der Waals surface area (Å²) in [6.45, 7) is 5.52. The van der Waals surface area contributed by atoms with Gasteiger partial charge in [0.2, 0.25) is 0 Å². The van der Waals surface area contributed by atoms with Gasteiger partial charge in [0, 0.05) is 26.2 Å². The van der Waals surface area contributed by atoms with Crippen LogP contribution in [0.5, 0.6) is 0 Å². The minimum atomic E-state index is -3.53. The van der Waals surface area contributed by atoms with Crippen molar-refractivity contribution in [2.75, 3.05) is 26.2 Å². The molecular formula is C11H20N4O3S. The van der Waals surface area contributed by atoms with Gasteiger partial charge in [0.1, 0.15) is 0 Å². The minimum absolute atomic E-state index is 0.234. The zero-order chi connectivity index (χ0) is 14.0. The van der Waals surface area contributed by atoms with Crippen molar-refractivity contribution in [3.63, 3.8) is 0 Å². The molecule has 1 atom stereocenters. The van der Waals surface area contributed by atoms with Crippen molar-refractivity contribution >= 4 is 10.0 Å². The Balaban J connectivity index is 2.31. The van der Waals surface area contributed by atoms with E-state index in [-0.39, 0.29) is 11.1 Å². The molecule has 1 aromatic rings. The Labute approximate surface area is 113 Å². The summed E-state index contributed by atoms with van der Waals surface area (Å²) in [5, 5.41) is 4.43. The molecule has 19 heavy (non-hydrogen) atoms. The third kappa shape index (κ3) is 2.81. The number of aryl methyl sites for hydroxylation is 2. The first kappa shape index (κ1) is 14.4. The normalized spacial score (nSPS) is 21.7. The number of rotatable bonds is 4. The quantitative estimate of drug-likeness (QED) is 0.811. The van der Waals surface area contributed by atoms with E-state index >= 15 is 0 Å². The highest BCUT2D eigenvalue weighted by Gasteiger charge is 2.32. The van der Waals surface area contributed by atoms with Gasteiger partial charge in [0.15, 0.2) is 5.03 Å². The SMILES string of the molecule is CCn1nc(C)cc1S(=O)(=O)N1CCO[C@@H](CN)C1. The summed E-state index contributed by atoms with van der Waals surface area (Å²) in [6, 6.07) is 1.60. The lowest BCUT2D eigenvalue weighted by molar-refractivity contribution is 0.00436. The van der Waals surface area contributed by atoms with Crippen molar-refractivity contribution in [2.24, 2.45) is 5.73 Å². The van der Waals surface area contributed by atoms with E-state index in [4.69, 9.17) is 10.5 Å². The second-order valence-corrected chi connectivity index (χ2v) is 6.42. The van der Waals surface area contributed by atoms with Gasteiger partial charge in [-0.2, -0.15) is 9.40 Å². The second kappa shape index (κ2) is 5.58. The standard InChI is InChI=1S/C11H20N4O3S/c1-3-15-11(6-9(2)13-15)19(16,17)14-4-5-18-10(7-12)8-14/h6,10H,3-5,7-8,12H2,1-2H3/t10-/m0/s1. The van der Waals surface area contributed by atoms with Gasteiger partial charge in [-0.15, -0.1) is 0 Å². The fraction of sp³-hybridized carbons (Fsp3) is 0.727. The van der Waals surface area contributed by atoms with Crippen molar-refractivity contribution in [3.8, 4) is 0 Å². The van der Waals surface area contributed by atoms with Crippen molar-refractivity contribution in [1.82, 2.24) is 14.1 Å². The number of aromatic nitrogens is 2. The monoisotopic (exact) mass is 288 g/mol. The summed E-state index contributed by atoms with van der Waals surface area (Å²) < 4.78 is 33.6. The van der Waals surface area contributed by atoms with Crippen LogP contribution < -0.4 is 5.73 Å². The van der Waals surface area contributed by atoms with Crippen LogP contribution >= 0.6 is 0 Å². The molecule has 0 aromatic carbocycles. The number of hydrogen-bond acceptors (Lipinski definition) is 5. The highest BCUT2D eigenvalue weighted by molar-refractivity contribution is 7.89. The summed E-state index contributed by atoms with van der Waals surface area (Å²) in [6.07, 6.45) is -0.234. The number of morpholine rings is 1. The molecule has 2 rings (SSSR count). The zero-order valence-corrected chi connectivity index (χ0v) is 12.1. The highest BCUT2D eigenvalue weighted by Crippen LogP contribution is 2.19. The maximum absolute atomic E-state index is 12.6. The lowest BCUT2D eigenvalue weighted by atomic mass is 10.3. The molecule has 0 spiro atoms. The Kier molecular flexibility index (Phi) is 4.24. The Morgan fingerprint density at radius 3 is 2.95 bits per heavy atom. The summed E-state index contributed by atoms with van der Waals surface area (Å²) in [5.41, 5.74) is 6.24. The first-order valence-corrected chi connectivity index (χ1v) is 7.79. The van der Waals surface area contributed by atoms with Crippen LogP contribution in [0, 0.1) is 6.92 Å². The molecular weight excluding hydrogens is 268 g/mol. The first-order chi connectivity index (χ1) is 8.98. The molecule has 0 unspecified atom stereocenters. The van der Waals surface area contributed by atoms with E-state index in [0.717, 1.165) is 0 Å². The second-order valence-electron chi connectivity index (χ2n) is 4.53. The number of ether oxygens (including phenoxy) is 1. The van der Waals surface area contributed by atoms with Gasteiger partial charge < -0.3 is 10.5 Å². The Bertz CT molecular complexity index is 540. The number of nitrogens with zero attached hydrogens (tertiary/aromatic N) is 3. The third-order valence-electron chi connectivity index (χ3n) is 3.13. The maximum atomic E-state index is 12.6. The number of nitrogens with two attached hydrogens (primary N) is 1. The van der Waals surface area contributed by atoms with Crippen molar-refractivity contribution < 1.29 is 13.2 Å². The van der Waals surface area contributed by atoms with Crippen LogP contribution in [0.25, 0.3) is 0 Å². The molecule has 7 nitrogen and oxygen atoms in total. The summed E-state index contributed by atoms with van der Waals surface area (Å²) in [5.74, 6) is 0. The van der Waals surface area contributed by atoms with Crippen LogP contribution in [0.15, 0.2) is 11.1 Å².